The molecule has 0 radical (unpaired) electrons. The number of alkyl halides is 3. The van der Waals surface area contributed by atoms with Crippen LogP contribution >= 0.6 is 0 Å². The van der Waals surface area contributed by atoms with Crippen molar-refractivity contribution in [1.82, 2.24) is 9.78 Å². The summed E-state index contributed by atoms with van der Waals surface area (Å²) in [6.07, 6.45) is -2.16. The van der Waals surface area contributed by atoms with Gasteiger partial charge in [0, 0.05) is 12.6 Å². The second-order valence-corrected chi connectivity index (χ2v) is 4.48. The summed E-state index contributed by atoms with van der Waals surface area (Å²) in [4.78, 5) is 0. The van der Waals surface area contributed by atoms with E-state index in [1.54, 1.807) is 23.0 Å². The van der Waals surface area contributed by atoms with Crippen molar-refractivity contribution in [2.24, 2.45) is 0 Å². The molecule has 3 nitrogen and oxygen atoms in total. The number of nitrogens with one attached hydrogen (secondary N) is 1. The summed E-state index contributed by atoms with van der Waals surface area (Å²) in [6.45, 7) is 0.641. The maximum Gasteiger partial charge on any atom is 0.416 e. The van der Waals surface area contributed by atoms with Gasteiger partial charge in [0.15, 0.2) is 0 Å². The third-order valence-corrected chi connectivity index (χ3v) is 3.31. The van der Waals surface area contributed by atoms with Crippen LogP contribution in [0.2, 0.25) is 0 Å². The van der Waals surface area contributed by atoms with Gasteiger partial charge in [0.2, 0.25) is 0 Å². The van der Waals surface area contributed by atoms with Gasteiger partial charge in [0.05, 0.1) is 17.8 Å². The predicted octanol–water partition coefficient (Wildman–Crippen LogP) is 3.31. The minimum absolute atomic E-state index is 0.279. The Hall–Kier alpha value is -1.98. The largest absolute Gasteiger partial charge is 0.416 e. The maximum atomic E-state index is 13.1. The lowest BCUT2D eigenvalue weighted by atomic mass is 9.96. The highest BCUT2D eigenvalue weighted by Gasteiger charge is 2.36. The van der Waals surface area contributed by atoms with E-state index in [0.717, 1.165) is 11.9 Å². The van der Waals surface area contributed by atoms with Crippen LogP contribution in [0.3, 0.4) is 0 Å². The van der Waals surface area contributed by atoms with Crippen molar-refractivity contribution in [3.63, 3.8) is 0 Å². The summed E-state index contributed by atoms with van der Waals surface area (Å²) < 4.78 is 40.8. The van der Waals surface area contributed by atoms with E-state index >= 15 is 0 Å². The van der Waals surface area contributed by atoms with E-state index in [-0.39, 0.29) is 11.6 Å². The molecule has 2 aromatic rings. The molecule has 100 valence electrons. The first-order chi connectivity index (χ1) is 9.07. The number of anilines is 1. The highest BCUT2D eigenvalue weighted by Crippen LogP contribution is 2.38. The molecular formula is C13H12F3N3. The van der Waals surface area contributed by atoms with Crippen molar-refractivity contribution in [1.29, 1.82) is 0 Å². The molecule has 1 unspecified atom stereocenters. The van der Waals surface area contributed by atoms with E-state index in [0.29, 0.717) is 13.0 Å². The van der Waals surface area contributed by atoms with E-state index < -0.39 is 11.7 Å². The topological polar surface area (TPSA) is 29.9 Å². The number of benzene rings is 1. The quantitative estimate of drug-likeness (QED) is 0.859. The van der Waals surface area contributed by atoms with E-state index in [4.69, 9.17) is 0 Å². The fraction of sp³-hybridized carbons (Fsp3) is 0.308. The van der Waals surface area contributed by atoms with Crippen molar-refractivity contribution in [3.8, 4) is 0 Å². The number of fused-ring (bicyclic) bond motifs is 1. The first-order valence-electron chi connectivity index (χ1n) is 6.01. The number of aromatic nitrogens is 2. The molecule has 0 bridgehead atoms. The highest BCUT2D eigenvalue weighted by atomic mass is 19.4. The Morgan fingerprint density at radius 2 is 2.00 bits per heavy atom. The van der Waals surface area contributed by atoms with Crippen LogP contribution in [0.1, 0.15) is 23.6 Å². The molecule has 1 aliphatic heterocycles. The summed E-state index contributed by atoms with van der Waals surface area (Å²) in [5, 5.41) is 7.24. The monoisotopic (exact) mass is 267 g/mol. The van der Waals surface area contributed by atoms with Crippen LogP contribution in [-0.2, 0) is 6.18 Å². The van der Waals surface area contributed by atoms with Crippen LogP contribution in [0, 0.1) is 0 Å². The zero-order valence-electron chi connectivity index (χ0n) is 9.98. The molecule has 0 saturated carbocycles. The zero-order valence-corrected chi connectivity index (χ0v) is 9.98. The van der Waals surface area contributed by atoms with Crippen LogP contribution in [0.5, 0.6) is 0 Å². The Morgan fingerprint density at radius 1 is 1.21 bits per heavy atom. The molecule has 1 atom stereocenters. The SMILES string of the molecule is FC(F)(F)c1ccccc1C1CCNc2ccnn21. The number of hydrogen-bond donors (Lipinski definition) is 1. The molecule has 0 amide bonds. The molecule has 0 aliphatic carbocycles. The Morgan fingerprint density at radius 3 is 2.79 bits per heavy atom. The second-order valence-electron chi connectivity index (χ2n) is 4.48. The van der Waals surface area contributed by atoms with Crippen LogP contribution in [-0.4, -0.2) is 16.3 Å². The Kier molecular flexibility index (Phi) is 2.73. The maximum absolute atomic E-state index is 13.1. The van der Waals surface area contributed by atoms with Crippen molar-refractivity contribution >= 4 is 5.82 Å². The van der Waals surface area contributed by atoms with Gasteiger partial charge in [0.25, 0.3) is 0 Å². The van der Waals surface area contributed by atoms with Crippen molar-refractivity contribution in [2.75, 3.05) is 11.9 Å². The normalized spacial score (nSPS) is 18.8. The number of nitrogens with zero attached hydrogens (tertiary/aromatic N) is 2. The average Bonchev–Trinajstić information content (AvgIpc) is 2.85. The Balaban J connectivity index is 2.10. The molecule has 0 saturated heterocycles. The van der Waals surface area contributed by atoms with E-state index in [9.17, 15) is 13.2 Å². The number of hydrogen-bond acceptors (Lipinski definition) is 2. The average molecular weight is 267 g/mol. The van der Waals surface area contributed by atoms with Gasteiger partial charge in [-0.05, 0) is 18.1 Å². The lowest BCUT2D eigenvalue weighted by molar-refractivity contribution is -0.138. The van der Waals surface area contributed by atoms with Gasteiger partial charge in [0.1, 0.15) is 5.82 Å². The second kappa shape index (κ2) is 4.29. The van der Waals surface area contributed by atoms with Gasteiger partial charge in [-0.2, -0.15) is 18.3 Å². The van der Waals surface area contributed by atoms with Crippen LogP contribution in [0.15, 0.2) is 36.5 Å². The van der Waals surface area contributed by atoms with E-state index in [1.807, 2.05) is 0 Å². The Labute approximate surface area is 108 Å². The Bertz CT molecular complexity index is 589. The summed E-state index contributed by atoms with van der Waals surface area (Å²) in [7, 11) is 0. The third kappa shape index (κ3) is 2.07. The van der Waals surface area contributed by atoms with Crippen LogP contribution < -0.4 is 5.32 Å². The molecule has 2 heterocycles. The molecule has 1 N–H and O–H groups in total. The smallest absolute Gasteiger partial charge is 0.370 e. The molecule has 19 heavy (non-hydrogen) atoms. The van der Waals surface area contributed by atoms with Gasteiger partial charge in [-0.15, -0.1) is 0 Å². The van der Waals surface area contributed by atoms with Crippen LogP contribution in [0.4, 0.5) is 19.0 Å². The molecular weight excluding hydrogens is 255 g/mol. The minimum Gasteiger partial charge on any atom is -0.370 e. The molecule has 1 aromatic carbocycles. The first kappa shape index (κ1) is 12.1. The first-order valence-corrected chi connectivity index (χ1v) is 6.01. The lowest BCUT2D eigenvalue weighted by Crippen LogP contribution is -2.26. The lowest BCUT2D eigenvalue weighted by Gasteiger charge is -2.28. The van der Waals surface area contributed by atoms with E-state index in [2.05, 4.69) is 10.4 Å². The summed E-state index contributed by atoms with van der Waals surface area (Å²) in [5.74, 6) is 0.758. The van der Waals surface area contributed by atoms with Gasteiger partial charge >= 0.3 is 6.18 Å². The van der Waals surface area contributed by atoms with Gasteiger partial charge in [-0.25, -0.2) is 4.68 Å². The van der Waals surface area contributed by atoms with E-state index in [1.165, 1.54) is 12.1 Å². The molecule has 6 heteroatoms. The number of rotatable bonds is 1. The van der Waals surface area contributed by atoms with Crippen LogP contribution in [0.25, 0.3) is 0 Å². The van der Waals surface area contributed by atoms with Crippen molar-refractivity contribution in [3.05, 3.63) is 47.7 Å². The highest BCUT2D eigenvalue weighted by molar-refractivity contribution is 5.41. The van der Waals surface area contributed by atoms with Gasteiger partial charge in [-0.3, -0.25) is 0 Å². The fourth-order valence-corrected chi connectivity index (χ4v) is 2.49. The minimum atomic E-state index is -4.34. The molecule has 1 aliphatic rings. The third-order valence-electron chi connectivity index (χ3n) is 3.31. The molecule has 0 spiro atoms. The zero-order chi connectivity index (χ0) is 13.5. The molecule has 3 rings (SSSR count). The molecule has 1 aromatic heterocycles. The summed E-state index contributed by atoms with van der Waals surface area (Å²) >= 11 is 0. The summed E-state index contributed by atoms with van der Waals surface area (Å²) in [5.41, 5.74) is -0.301. The fourth-order valence-electron chi connectivity index (χ4n) is 2.49. The standard InChI is InChI=1S/C13H12F3N3/c14-13(15,16)10-4-2-1-3-9(10)11-5-7-17-12-6-8-18-19(11)12/h1-4,6,8,11,17H,5,7H2. The predicted molar refractivity (Wildman–Crippen MR) is 64.9 cm³/mol. The molecule has 0 fully saturated rings. The van der Waals surface area contributed by atoms with Crippen molar-refractivity contribution in [2.45, 2.75) is 18.6 Å². The van der Waals surface area contributed by atoms with Gasteiger partial charge in [-0.1, -0.05) is 18.2 Å². The summed E-state index contributed by atoms with van der Waals surface area (Å²) in [6, 6.07) is 7.10. The van der Waals surface area contributed by atoms with Crippen molar-refractivity contribution < 1.29 is 13.2 Å². The van der Waals surface area contributed by atoms with Gasteiger partial charge < -0.3 is 5.32 Å². The number of halogens is 3.